The Kier molecular flexibility index (Phi) is 4.45. The zero-order valence-electron chi connectivity index (χ0n) is 11.3. The first-order valence-corrected chi connectivity index (χ1v) is 8.63. The van der Waals surface area contributed by atoms with Gasteiger partial charge in [0.15, 0.2) is 0 Å². The maximum absolute atomic E-state index is 12.3. The van der Waals surface area contributed by atoms with Gasteiger partial charge in [0.1, 0.15) is 0 Å². The molecule has 0 amide bonds. The van der Waals surface area contributed by atoms with Crippen LogP contribution in [-0.4, -0.2) is 32.4 Å². The van der Waals surface area contributed by atoms with Gasteiger partial charge in [-0.15, -0.1) is 11.3 Å². The molecular formula is C13H20N2O2S2. The lowest BCUT2D eigenvalue weighted by Gasteiger charge is -2.15. The Morgan fingerprint density at radius 2 is 2.26 bits per heavy atom. The van der Waals surface area contributed by atoms with Crippen molar-refractivity contribution in [3.8, 4) is 0 Å². The van der Waals surface area contributed by atoms with E-state index in [9.17, 15) is 8.42 Å². The molecule has 1 aliphatic rings. The lowest BCUT2D eigenvalue weighted by Crippen LogP contribution is -2.28. The average Bonchev–Trinajstić information content (AvgIpc) is 3.02. The van der Waals surface area contributed by atoms with Crippen molar-refractivity contribution in [2.45, 2.75) is 37.2 Å². The van der Waals surface area contributed by atoms with E-state index in [0.29, 0.717) is 17.5 Å². The standard InChI is InChI=1S/C13H20N2O2S2/c1-10(2)8-15(3)19(16,17)13-6-12(18-9-13)7-14-11-4-5-11/h6,9,11,14H,1,4-5,7-8H2,2-3H3. The molecule has 106 valence electrons. The Balaban J connectivity index is 2.04. The molecule has 1 heterocycles. The van der Waals surface area contributed by atoms with E-state index >= 15 is 0 Å². The third kappa shape index (κ3) is 3.89. The minimum atomic E-state index is -3.38. The summed E-state index contributed by atoms with van der Waals surface area (Å²) in [6.45, 7) is 6.69. The van der Waals surface area contributed by atoms with Gasteiger partial charge >= 0.3 is 0 Å². The van der Waals surface area contributed by atoms with Crippen molar-refractivity contribution in [3.05, 3.63) is 28.5 Å². The molecular weight excluding hydrogens is 280 g/mol. The van der Waals surface area contributed by atoms with E-state index in [0.717, 1.165) is 17.0 Å². The summed E-state index contributed by atoms with van der Waals surface area (Å²) in [6, 6.07) is 2.40. The predicted octanol–water partition coefficient (Wildman–Crippen LogP) is 2.20. The van der Waals surface area contributed by atoms with Gasteiger partial charge in [0.25, 0.3) is 0 Å². The molecule has 2 rings (SSSR count). The Bertz CT molecular complexity index is 559. The van der Waals surface area contributed by atoms with Crippen molar-refractivity contribution in [2.24, 2.45) is 0 Å². The minimum Gasteiger partial charge on any atom is -0.309 e. The monoisotopic (exact) mass is 300 g/mol. The third-order valence-electron chi connectivity index (χ3n) is 2.97. The second-order valence-electron chi connectivity index (χ2n) is 5.12. The van der Waals surface area contributed by atoms with Crippen molar-refractivity contribution in [1.29, 1.82) is 0 Å². The fraction of sp³-hybridized carbons (Fsp3) is 0.538. The molecule has 0 spiro atoms. The van der Waals surface area contributed by atoms with Gasteiger partial charge in [-0.25, -0.2) is 8.42 Å². The van der Waals surface area contributed by atoms with Crippen molar-refractivity contribution in [1.82, 2.24) is 9.62 Å². The zero-order chi connectivity index (χ0) is 14.0. The quantitative estimate of drug-likeness (QED) is 0.785. The highest BCUT2D eigenvalue weighted by Gasteiger charge is 2.23. The van der Waals surface area contributed by atoms with E-state index in [-0.39, 0.29) is 0 Å². The molecule has 0 unspecified atom stereocenters. The van der Waals surface area contributed by atoms with Gasteiger partial charge in [0, 0.05) is 36.4 Å². The van der Waals surface area contributed by atoms with E-state index in [1.807, 2.05) is 6.92 Å². The Hall–Kier alpha value is -0.690. The summed E-state index contributed by atoms with van der Waals surface area (Å²) in [4.78, 5) is 1.45. The lowest BCUT2D eigenvalue weighted by molar-refractivity contribution is 0.493. The first-order chi connectivity index (χ1) is 8.89. The van der Waals surface area contributed by atoms with Gasteiger partial charge in [0.2, 0.25) is 10.0 Å². The second-order valence-corrected chi connectivity index (χ2v) is 8.16. The van der Waals surface area contributed by atoms with E-state index in [1.54, 1.807) is 18.5 Å². The van der Waals surface area contributed by atoms with Crippen LogP contribution < -0.4 is 5.32 Å². The molecule has 0 bridgehead atoms. The SMILES string of the molecule is C=C(C)CN(C)S(=O)(=O)c1csc(CNC2CC2)c1. The van der Waals surface area contributed by atoms with Crippen LogP contribution in [0.3, 0.4) is 0 Å². The molecule has 4 nitrogen and oxygen atoms in total. The Labute approximate surface area is 119 Å². The number of thiophene rings is 1. The first kappa shape index (κ1) is 14.7. The highest BCUT2D eigenvalue weighted by molar-refractivity contribution is 7.89. The van der Waals surface area contributed by atoms with Crippen LogP contribution in [0.1, 0.15) is 24.6 Å². The summed E-state index contributed by atoms with van der Waals surface area (Å²) in [5, 5.41) is 5.10. The molecule has 1 N–H and O–H groups in total. The molecule has 1 aromatic rings. The minimum absolute atomic E-state index is 0.355. The maximum atomic E-state index is 12.3. The molecule has 0 aliphatic heterocycles. The summed E-state index contributed by atoms with van der Waals surface area (Å²) in [5.74, 6) is 0. The smallest absolute Gasteiger partial charge is 0.243 e. The topological polar surface area (TPSA) is 49.4 Å². The number of hydrogen-bond acceptors (Lipinski definition) is 4. The van der Waals surface area contributed by atoms with Gasteiger partial charge in [-0.05, 0) is 25.8 Å². The average molecular weight is 300 g/mol. The summed E-state index contributed by atoms with van der Waals surface area (Å²) in [7, 11) is -1.79. The number of rotatable bonds is 7. The first-order valence-electron chi connectivity index (χ1n) is 6.31. The van der Waals surface area contributed by atoms with Gasteiger partial charge in [-0.1, -0.05) is 12.2 Å². The van der Waals surface area contributed by atoms with Crippen LogP contribution in [0.15, 0.2) is 28.5 Å². The molecule has 6 heteroatoms. The molecule has 1 saturated carbocycles. The summed E-state index contributed by atoms with van der Waals surface area (Å²) in [5.41, 5.74) is 0.830. The summed E-state index contributed by atoms with van der Waals surface area (Å²) in [6.07, 6.45) is 2.47. The van der Waals surface area contributed by atoms with Crippen LogP contribution in [0.5, 0.6) is 0 Å². The van der Waals surface area contributed by atoms with Crippen LogP contribution >= 0.6 is 11.3 Å². The molecule has 0 saturated heterocycles. The number of likely N-dealkylation sites (N-methyl/N-ethyl adjacent to an activating group) is 1. The molecule has 1 aliphatic carbocycles. The largest absolute Gasteiger partial charge is 0.309 e. The van der Waals surface area contributed by atoms with Crippen molar-refractivity contribution < 1.29 is 8.42 Å². The fourth-order valence-corrected chi connectivity index (χ4v) is 4.21. The van der Waals surface area contributed by atoms with E-state index in [2.05, 4.69) is 11.9 Å². The van der Waals surface area contributed by atoms with E-state index < -0.39 is 10.0 Å². The van der Waals surface area contributed by atoms with Crippen molar-refractivity contribution in [2.75, 3.05) is 13.6 Å². The fourth-order valence-electron chi connectivity index (χ4n) is 1.77. The molecule has 1 fully saturated rings. The molecule has 0 atom stereocenters. The molecule has 0 aromatic carbocycles. The van der Waals surface area contributed by atoms with Crippen LogP contribution in [0, 0.1) is 0 Å². The Morgan fingerprint density at radius 1 is 1.58 bits per heavy atom. The summed E-state index contributed by atoms with van der Waals surface area (Å²) < 4.78 is 25.9. The summed E-state index contributed by atoms with van der Waals surface area (Å²) >= 11 is 1.49. The van der Waals surface area contributed by atoms with Gasteiger partial charge in [0.05, 0.1) is 4.90 Å². The van der Waals surface area contributed by atoms with Gasteiger partial charge < -0.3 is 5.32 Å². The number of nitrogens with one attached hydrogen (secondary N) is 1. The number of sulfonamides is 1. The Morgan fingerprint density at radius 3 is 2.84 bits per heavy atom. The van der Waals surface area contributed by atoms with Crippen LogP contribution in [-0.2, 0) is 16.6 Å². The lowest BCUT2D eigenvalue weighted by atomic mass is 10.4. The highest BCUT2D eigenvalue weighted by atomic mass is 32.2. The zero-order valence-corrected chi connectivity index (χ0v) is 13.0. The molecule has 19 heavy (non-hydrogen) atoms. The molecule has 1 aromatic heterocycles. The van der Waals surface area contributed by atoms with Crippen molar-refractivity contribution in [3.63, 3.8) is 0 Å². The predicted molar refractivity (Wildman–Crippen MR) is 78.8 cm³/mol. The number of nitrogens with zero attached hydrogens (tertiary/aromatic N) is 1. The molecule has 0 radical (unpaired) electrons. The third-order valence-corrected chi connectivity index (χ3v) is 5.84. The highest BCUT2D eigenvalue weighted by Crippen LogP contribution is 2.24. The second kappa shape index (κ2) is 5.75. The van der Waals surface area contributed by atoms with Gasteiger partial charge in [-0.3, -0.25) is 0 Å². The number of hydrogen-bond donors (Lipinski definition) is 1. The maximum Gasteiger partial charge on any atom is 0.243 e. The van der Waals surface area contributed by atoms with E-state index in [1.165, 1.54) is 28.5 Å². The van der Waals surface area contributed by atoms with Crippen LogP contribution in [0.2, 0.25) is 0 Å². The van der Waals surface area contributed by atoms with Crippen LogP contribution in [0.25, 0.3) is 0 Å². The van der Waals surface area contributed by atoms with Gasteiger partial charge in [-0.2, -0.15) is 4.31 Å². The normalized spacial score (nSPS) is 15.9. The van der Waals surface area contributed by atoms with Crippen LogP contribution in [0.4, 0.5) is 0 Å². The van der Waals surface area contributed by atoms with E-state index in [4.69, 9.17) is 0 Å². The van der Waals surface area contributed by atoms with Crippen molar-refractivity contribution >= 4 is 21.4 Å².